The average Bonchev–Trinajstić information content (AvgIpc) is 3.58. The third-order valence-electron chi connectivity index (χ3n) is 7.45. The Labute approximate surface area is 258 Å². The maximum atomic E-state index is 13.3. The summed E-state index contributed by atoms with van der Waals surface area (Å²) in [6, 6.07) is 13.2. The number of halogens is 1. The lowest BCUT2D eigenvalue weighted by atomic mass is 9.90. The van der Waals surface area contributed by atoms with E-state index < -0.39 is 12.1 Å². The van der Waals surface area contributed by atoms with Crippen molar-refractivity contribution in [3.05, 3.63) is 87.6 Å². The zero-order valence-corrected chi connectivity index (χ0v) is 24.8. The van der Waals surface area contributed by atoms with Crippen molar-refractivity contribution >= 4 is 35.4 Å². The average molecular weight is 618 g/mol. The van der Waals surface area contributed by atoms with Gasteiger partial charge in [0.1, 0.15) is 6.33 Å². The van der Waals surface area contributed by atoms with Gasteiger partial charge in [0.05, 0.1) is 30.1 Å². The fourth-order valence-corrected chi connectivity index (χ4v) is 5.29. The van der Waals surface area contributed by atoms with Crippen molar-refractivity contribution in [3.63, 3.8) is 0 Å². The number of amides is 2. The van der Waals surface area contributed by atoms with Crippen molar-refractivity contribution in [2.24, 2.45) is 5.92 Å². The predicted molar refractivity (Wildman–Crippen MR) is 165 cm³/mol. The Morgan fingerprint density at radius 1 is 1.16 bits per heavy atom. The molecule has 2 amide bonds. The lowest BCUT2D eigenvalue weighted by Crippen LogP contribution is -2.31. The van der Waals surface area contributed by atoms with Crippen LogP contribution < -0.4 is 21.5 Å². The second-order valence-corrected chi connectivity index (χ2v) is 10.8. The van der Waals surface area contributed by atoms with Crippen LogP contribution in [-0.2, 0) is 9.53 Å². The molecule has 1 saturated heterocycles. The Balaban J connectivity index is 1.38. The molecule has 44 heavy (non-hydrogen) atoms. The first-order chi connectivity index (χ1) is 21.4. The van der Waals surface area contributed by atoms with Crippen LogP contribution in [0.4, 0.5) is 10.5 Å². The lowest BCUT2D eigenvalue weighted by Gasteiger charge is -2.25. The number of nitrogens with one attached hydrogen (secondary N) is 4. The summed E-state index contributed by atoms with van der Waals surface area (Å²) in [5, 5.41) is 27.8. The molecular formula is C30H32ClN9O4. The molecule has 13 nitrogen and oxygen atoms in total. The Hall–Kier alpha value is -4.88. The fourth-order valence-electron chi connectivity index (χ4n) is 5.11. The Morgan fingerprint density at radius 3 is 2.68 bits per heavy atom. The fraction of sp³-hybridized carbons (Fsp3) is 0.300. The summed E-state index contributed by atoms with van der Waals surface area (Å²) in [6.45, 7) is 1.94. The minimum Gasteiger partial charge on any atom is -0.453 e. The Bertz CT molecular complexity index is 1670. The van der Waals surface area contributed by atoms with Crippen molar-refractivity contribution in [3.8, 4) is 16.8 Å². The minimum atomic E-state index is -0.592. The third kappa shape index (κ3) is 7.94. The summed E-state index contributed by atoms with van der Waals surface area (Å²) in [5.41, 5.74) is 3.01. The number of H-pyrrole nitrogens is 1. The highest BCUT2D eigenvalue weighted by Crippen LogP contribution is 2.27. The van der Waals surface area contributed by atoms with E-state index in [0.29, 0.717) is 51.1 Å². The molecule has 0 bridgehead atoms. The molecule has 1 unspecified atom stereocenters. The van der Waals surface area contributed by atoms with Gasteiger partial charge in [-0.2, -0.15) is 9.78 Å². The maximum absolute atomic E-state index is 13.3. The zero-order valence-electron chi connectivity index (χ0n) is 24.0. The molecule has 2 aromatic heterocycles. The van der Waals surface area contributed by atoms with Crippen LogP contribution in [0.25, 0.3) is 22.9 Å². The first-order valence-electron chi connectivity index (χ1n) is 14.2. The highest BCUT2D eigenvalue weighted by Gasteiger charge is 2.21. The molecule has 3 heterocycles. The van der Waals surface area contributed by atoms with E-state index in [4.69, 9.17) is 11.6 Å². The van der Waals surface area contributed by atoms with Crippen molar-refractivity contribution in [2.75, 3.05) is 25.5 Å². The number of benzene rings is 2. The number of aromatic nitrogens is 6. The molecule has 0 aliphatic carbocycles. The van der Waals surface area contributed by atoms with Gasteiger partial charge in [0.15, 0.2) is 0 Å². The van der Waals surface area contributed by atoms with Gasteiger partial charge < -0.3 is 15.4 Å². The van der Waals surface area contributed by atoms with E-state index in [1.165, 1.54) is 24.2 Å². The molecule has 4 N–H and O–H groups in total. The first-order valence-corrected chi connectivity index (χ1v) is 14.5. The van der Waals surface area contributed by atoms with E-state index in [9.17, 15) is 14.4 Å². The van der Waals surface area contributed by atoms with E-state index in [0.717, 1.165) is 32.4 Å². The number of anilines is 1. The number of carbonyl (C=O) groups excluding carboxylic acids is 2. The van der Waals surface area contributed by atoms with Gasteiger partial charge in [0.25, 0.3) is 5.56 Å². The number of aromatic amines is 1. The number of hydrogen-bond acceptors (Lipinski definition) is 9. The van der Waals surface area contributed by atoms with Gasteiger partial charge in [-0.3, -0.25) is 14.9 Å². The maximum Gasteiger partial charge on any atom is 0.411 e. The normalized spacial score (nSPS) is 14.3. The lowest BCUT2D eigenvalue weighted by molar-refractivity contribution is -0.117. The van der Waals surface area contributed by atoms with Gasteiger partial charge in [0, 0.05) is 22.3 Å². The largest absolute Gasteiger partial charge is 0.453 e. The third-order valence-corrected chi connectivity index (χ3v) is 7.68. The molecular weight excluding hydrogens is 586 g/mol. The number of rotatable bonds is 10. The summed E-state index contributed by atoms with van der Waals surface area (Å²) < 4.78 is 6.11. The minimum absolute atomic E-state index is 0.337. The van der Waals surface area contributed by atoms with Crippen LogP contribution in [0, 0.1) is 5.92 Å². The molecule has 0 radical (unpaired) electrons. The summed E-state index contributed by atoms with van der Waals surface area (Å²) >= 11 is 6.23. The molecule has 228 valence electrons. The van der Waals surface area contributed by atoms with Gasteiger partial charge in [-0.1, -0.05) is 23.7 Å². The molecule has 5 rings (SSSR count). The Kier molecular flexibility index (Phi) is 10.1. The smallest absolute Gasteiger partial charge is 0.411 e. The quantitative estimate of drug-likeness (QED) is 0.193. The SMILES string of the molecule is COC(=O)Nc1ccc(-c2cc(C(CCC3CCNCC3)NC(=O)/C=C/c3cc(Cl)ccc3-n3cnnn3)n[nH]c2=O)cc1. The van der Waals surface area contributed by atoms with Crippen LogP contribution in [0.2, 0.25) is 5.02 Å². The van der Waals surface area contributed by atoms with Crippen molar-refractivity contribution < 1.29 is 14.3 Å². The standard InChI is InChI=1S/C30H32ClN9O4/c1-44-30(43)34-23-7-3-20(4-8-23)24-17-26(36-37-29(24)42)25(9-2-19-12-14-32-15-13-19)35-28(41)11-5-21-16-22(31)6-10-27(21)40-18-33-38-39-40/h3-8,10-11,16-19,25,32H,2,9,12-15H2,1H3,(H,34,43)(H,35,41)(H,37,42)/b11-5+. The molecule has 0 spiro atoms. The van der Waals surface area contributed by atoms with Gasteiger partial charge in [-0.25, -0.2) is 9.89 Å². The number of hydrogen-bond donors (Lipinski definition) is 4. The van der Waals surface area contributed by atoms with Crippen molar-refractivity contribution in [1.29, 1.82) is 0 Å². The highest BCUT2D eigenvalue weighted by atomic mass is 35.5. The summed E-state index contributed by atoms with van der Waals surface area (Å²) in [4.78, 5) is 37.6. The van der Waals surface area contributed by atoms with E-state index in [2.05, 4.69) is 46.4 Å². The number of piperidine rings is 1. The van der Waals surface area contributed by atoms with Crippen molar-refractivity contribution in [2.45, 2.75) is 31.7 Å². The van der Waals surface area contributed by atoms with Crippen LogP contribution in [0.3, 0.4) is 0 Å². The number of ether oxygens (including phenoxy) is 1. The number of tetrazole rings is 1. The molecule has 1 aliphatic heterocycles. The molecule has 2 aromatic carbocycles. The zero-order chi connectivity index (χ0) is 30.9. The summed E-state index contributed by atoms with van der Waals surface area (Å²) in [7, 11) is 1.28. The van der Waals surface area contributed by atoms with Crippen LogP contribution >= 0.6 is 11.6 Å². The van der Waals surface area contributed by atoms with Crippen LogP contribution in [0.5, 0.6) is 0 Å². The molecule has 14 heteroatoms. The predicted octanol–water partition coefficient (Wildman–Crippen LogP) is 3.89. The van der Waals surface area contributed by atoms with Gasteiger partial charge in [0.2, 0.25) is 5.91 Å². The summed E-state index contributed by atoms with van der Waals surface area (Å²) in [5.74, 6) is 0.185. The number of nitrogens with zero attached hydrogens (tertiary/aromatic N) is 5. The van der Waals surface area contributed by atoms with E-state index in [-0.39, 0.29) is 11.5 Å². The van der Waals surface area contributed by atoms with Crippen molar-refractivity contribution in [1.82, 2.24) is 41.0 Å². The number of methoxy groups -OCH3 is 1. The molecule has 1 fully saturated rings. The second kappa shape index (κ2) is 14.5. The topological polar surface area (TPSA) is 169 Å². The number of carbonyl (C=O) groups is 2. The molecule has 0 saturated carbocycles. The Morgan fingerprint density at radius 2 is 1.95 bits per heavy atom. The molecule has 1 atom stereocenters. The van der Waals surface area contributed by atoms with Crippen LogP contribution in [0.15, 0.2) is 65.7 Å². The summed E-state index contributed by atoms with van der Waals surface area (Å²) in [6.07, 6.45) is 7.59. The van der Waals surface area contributed by atoms with E-state index >= 15 is 0 Å². The molecule has 1 aliphatic rings. The monoisotopic (exact) mass is 617 g/mol. The van der Waals surface area contributed by atoms with Crippen LogP contribution in [0.1, 0.15) is 43.0 Å². The first kappa shape index (κ1) is 30.6. The van der Waals surface area contributed by atoms with E-state index in [1.807, 2.05) is 0 Å². The van der Waals surface area contributed by atoms with Gasteiger partial charge in [-0.15, -0.1) is 5.10 Å². The van der Waals surface area contributed by atoms with Gasteiger partial charge >= 0.3 is 6.09 Å². The molecule has 4 aromatic rings. The second-order valence-electron chi connectivity index (χ2n) is 10.4. The van der Waals surface area contributed by atoms with Crippen LogP contribution in [-0.4, -0.2) is 62.6 Å². The van der Waals surface area contributed by atoms with Gasteiger partial charge in [-0.05, 0) is 103 Å². The highest BCUT2D eigenvalue weighted by molar-refractivity contribution is 6.30. The van der Waals surface area contributed by atoms with E-state index in [1.54, 1.807) is 54.6 Å².